The standard InChI is InChI=1S/C21H14ClF3N6O3S3/c1-31-9-26-30-20(31)36-14-7-6-13(35-11-4-2-10(3-5-11)21(23,24)25)16(28-14)18(34)29-19-27-12(8-15(32)33)17(22)37-19/h2-7,9H,8H2,1H3,(H,32,33)(H,27,29,34). The molecule has 0 aliphatic carbocycles. The fourth-order valence-corrected chi connectivity index (χ4v) is 5.49. The smallest absolute Gasteiger partial charge is 0.416 e. The first kappa shape index (κ1) is 26.9. The summed E-state index contributed by atoms with van der Waals surface area (Å²) in [5.74, 6) is -1.79. The molecule has 3 aromatic heterocycles. The van der Waals surface area contributed by atoms with E-state index in [9.17, 15) is 22.8 Å². The highest BCUT2D eigenvalue weighted by molar-refractivity contribution is 7.99. The summed E-state index contributed by atoms with van der Waals surface area (Å²) in [6.45, 7) is 0. The first-order chi connectivity index (χ1) is 17.5. The van der Waals surface area contributed by atoms with Crippen molar-refractivity contribution in [2.24, 2.45) is 7.05 Å². The van der Waals surface area contributed by atoms with E-state index in [0.29, 0.717) is 20.0 Å². The van der Waals surface area contributed by atoms with Gasteiger partial charge < -0.3 is 9.67 Å². The molecule has 0 aliphatic rings. The van der Waals surface area contributed by atoms with E-state index < -0.39 is 30.0 Å². The van der Waals surface area contributed by atoms with Crippen LogP contribution in [0.1, 0.15) is 21.7 Å². The van der Waals surface area contributed by atoms with Crippen molar-refractivity contribution in [3.05, 3.63) is 64.0 Å². The maximum absolute atomic E-state index is 13.2. The van der Waals surface area contributed by atoms with Crippen molar-refractivity contribution in [2.75, 3.05) is 5.32 Å². The number of aromatic nitrogens is 5. The van der Waals surface area contributed by atoms with Gasteiger partial charge in [-0.05, 0) is 48.2 Å². The number of rotatable bonds is 8. The molecule has 4 rings (SSSR count). The molecule has 3 heterocycles. The van der Waals surface area contributed by atoms with Crippen molar-refractivity contribution < 1.29 is 27.9 Å². The van der Waals surface area contributed by atoms with Crippen LogP contribution in [0.25, 0.3) is 0 Å². The number of nitrogens with zero attached hydrogens (tertiary/aromatic N) is 5. The number of benzene rings is 1. The number of halogens is 4. The van der Waals surface area contributed by atoms with Crippen molar-refractivity contribution in [3.8, 4) is 0 Å². The summed E-state index contributed by atoms with van der Waals surface area (Å²) in [5, 5.41) is 20.3. The number of thiazole rings is 1. The molecule has 0 saturated heterocycles. The van der Waals surface area contributed by atoms with Gasteiger partial charge in [-0.1, -0.05) is 34.7 Å². The number of amides is 1. The predicted octanol–water partition coefficient (Wildman–Crippen LogP) is 5.52. The van der Waals surface area contributed by atoms with Crippen molar-refractivity contribution in [1.82, 2.24) is 24.7 Å². The van der Waals surface area contributed by atoms with E-state index in [2.05, 4.69) is 25.5 Å². The lowest BCUT2D eigenvalue weighted by molar-refractivity contribution is -0.138. The molecule has 0 spiro atoms. The Morgan fingerprint density at radius 3 is 2.49 bits per heavy atom. The Hall–Kier alpha value is -3.14. The van der Waals surface area contributed by atoms with Crippen LogP contribution >= 0.6 is 46.5 Å². The number of aliphatic carboxylic acids is 1. The van der Waals surface area contributed by atoms with E-state index in [1.807, 2.05) is 0 Å². The molecule has 192 valence electrons. The fourth-order valence-electron chi connectivity index (χ4n) is 2.82. The molecule has 0 radical (unpaired) electrons. The van der Waals surface area contributed by atoms with Crippen LogP contribution in [-0.2, 0) is 24.4 Å². The molecular weight excluding hydrogens is 573 g/mol. The van der Waals surface area contributed by atoms with E-state index in [0.717, 1.165) is 47.0 Å². The Bertz CT molecular complexity index is 1460. The summed E-state index contributed by atoms with van der Waals surface area (Å²) in [4.78, 5) is 33.5. The summed E-state index contributed by atoms with van der Waals surface area (Å²) in [5.41, 5.74) is -0.710. The average Bonchev–Trinajstić information content (AvgIpc) is 3.38. The van der Waals surface area contributed by atoms with Gasteiger partial charge >= 0.3 is 12.1 Å². The minimum absolute atomic E-state index is 0.0248. The first-order valence-electron chi connectivity index (χ1n) is 10.1. The van der Waals surface area contributed by atoms with Gasteiger partial charge in [0.05, 0.1) is 17.7 Å². The van der Waals surface area contributed by atoms with Gasteiger partial charge in [0, 0.05) is 16.8 Å². The van der Waals surface area contributed by atoms with Gasteiger partial charge in [0.2, 0.25) is 0 Å². The molecule has 0 atom stereocenters. The van der Waals surface area contributed by atoms with Crippen molar-refractivity contribution in [1.29, 1.82) is 0 Å². The number of carbonyl (C=O) groups is 2. The van der Waals surface area contributed by atoms with E-state index in [1.165, 1.54) is 18.5 Å². The Morgan fingerprint density at radius 2 is 1.86 bits per heavy atom. The number of pyridine rings is 1. The van der Waals surface area contributed by atoms with Gasteiger partial charge in [-0.25, -0.2) is 9.97 Å². The Morgan fingerprint density at radius 1 is 1.14 bits per heavy atom. The van der Waals surface area contributed by atoms with Gasteiger partial charge in [-0.15, -0.1) is 10.2 Å². The molecule has 9 nitrogen and oxygen atoms in total. The number of hydrogen-bond donors (Lipinski definition) is 2. The molecule has 0 aliphatic heterocycles. The molecule has 1 amide bonds. The zero-order valence-electron chi connectivity index (χ0n) is 18.5. The quantitative estimate of drug-likeness (QED) is 0.275. The van der Waals surface area contributed by atoms with Crippen LogP contribution in [0, 0.1) is 0 Å². The topological polar surface area (TPSA) is 123 Å². The second-order valence-corrected chi connectivity index (χ2v) is 10.9. The van der Waals surface area contributed by atoms with Gasteiger partial charge in [0.1, 0.15) is 21.4 Å². The molecule has 16 heteroatoms. The highest BCUT2D eigenvalue weighted by Gasteiger charge is 2.30. The zero-order chi connectivity index (χ0) is 26.7. The molecule has 37 heavy (non-hydrogen) atoms. The van der Waals surface area contributed by atoms with E-state index in [4.69, 9.17) is 16.7 Å². The van der Waals surface area contributed by atoms with Crippen molar-refractivity contribution in [3.63, 3.8) is 0 Å². The monoisotopic (exact) mass is 586 g/mol. The summed E-state index contributed by atoms with van der Waals surface area (Å²) in [7, 11) is 1.74. The van der Waals surface area contributed by atoms with Gasteiger partial charge in [0.25, 0.3) is 5.91 Å². The average molecular weight is 587 g/mol. The molecule has 4 aromatic rings. The minimum atomic E-state index is -4.47. The molecule has 0 unspecified atom stereocenters. The number of carboxylic acid groups (broad SMARTS) is 1. The summed E-state index contributed by atoms with van der Waals surface area (Å²) >= 11 is 9.15. The predicted molar refractivity (Wildman–Crippen MR) is 131 cm³/mol. The summed E-state index contributed by atoms with van der Waals surface area (Å²) < 4.78 is 40.6. The Kier molecular flexibility index (Phi) is 8.06. The second kappa shape index (κ2) is 11.1. The van der Waals surface area contributed by atoms with Gasteiger partial charge in [0.15, 0.2) is 10.3 Å². The van der Waals surface area contributed by atoms with Gasteiger partial charge in [-0.2, -0.15) is 13.2 Å². The molecular formula is C21H14ClF3N6O3S3. The third kappa shape index (κ3) is 6.80. The van der Waals surface area contributed by atoms with Crippen LogP contribution in [0.2, 0.25) is 4.34 Å². The van der Waals surface area contributed by atoms with Gasteiger partial charge in [-0.3, -0.25) is 14.9 Å². The van der Waals surface area contributed by atoms with Crippen LogP contribution in [0.15, 0.2) is 62.7 Å². The SMILES string of the molecule is Cn1cnnc1Sc1ccc(Sc2ccc(C(F)(F)F)cc2)c(C(=O)Nc2nc(CC(=O)O)c(Cl)s2)n1. The number of alkyl halides is 3. The van der Waals surface area contributed by atoms with E-state index in [-0.39, 0.29) is 20.9 Å². The Labute approximate surface area is 224 Å². The van der Waals surface area contributed by atoms with Crippen LogP contribution in [-0.4, -0.2) is 41.7 Å². The highest BCUT2D eigenvalue weighted by atomic mass is 35.5. The van der Waals surface area contributed by atoms with E-state index >= 15 is 0 Å². The lowest BCUT2D eigenvalue weighted by Gasteiger charge is -2.11. The van der Waals surface area contributed by atoms with Crippen molar-refractivity contribution >= 4 is 63.5 Å². The number of hydrogen-bond acceptors (Lipinski definition) is 9. The summed E-state index contributed by atoms with van der Waals surface area (Å²) in [6, 6.07) is 7.78. The number of nitrogens with one attached hydrogen (secondary N) is 1. The molecule has 2 N–H and O–H groups in total. The van der Waals surface area contributed by atoms with Crippen LogP contribution in [0.3, 0.4) is 0 Å². The lowest BCUT2D eigenvalue weighted by Crippen LogP contribution is -2.15. The first-order valence-corrected chi connectivity index (χ1v) is 12.9. The lowest BCUT2D eigenvalue weighted by atomic mass is 10.2. The normalized spacial score (nSPS) is 11.5. The second-order valence-electron chi connectivity index (χ2n) is 7.21. The molecule has 1 aromatic carbocycles. The third-order valence-electron chi connectivity index (χ3n) is 4.51. The largest absolute Gasteiger partial charge is 0.481 e. The van der Waals surface area contributed by atoms with E-state index in [1.54, 1.807) is 23.7 Å². The number of carboxylic acids is 1. The zero-order valence-corrected chi connectivity index (χ0v) is 21.7. The fraction of sp³-hybridized carbons (Fsp3) is 0.143. The number of aryl methyl sites for hydroxylation is 1. The maximum Gasteiger partial charge on any atom is 0.416 e. The third-order valence-corrected chi connectivity index (χ3v) is 7.81. The van der Waals surface area contributed by atoms with Crippen LogP contribution < -0.4 is 5.32 Å². The van der Waals surface area contributed by atoms with Crippen LogP contribution in [0.5, 0.6) is 0 Å². The number of anilines is 1. The van der Waals surface area contributed by atoms with Crippen LogP contribution in [0.4, 0.5) is 18.3 Å². The molecule has 0 fully saturated rings. The minimum Gasteiger partial charge on any atom is -0.481 e. The van der Waals surface area contributed by atoms with Crippen molar-refractivity contribution in [2.45, 2.75) is 32.6 Å². The number of carbonyl (C=O) groups excluding carboxylic acids is 1. The molecule has 0 bridgehead atoms. The maximum atomic E-state index is 13.2. The highest BCUT2D eigenvalue weighted by Crippen LogP contribution is 2.36. The Balaban J connectivity index is 1.64. The molecule has 0 saturated carbocycles. The summed E-state index contributed by atoms with van der Waals surface area (Å²) in [6.07, 6.45) is -3.38.